The van der Waals surface area contributed by atoms with Crippen LogP contribution >= 0.6 is 0 Å². The van der Waals surface area contributed by atoms with Gasteiger partial charge in [0.15, 0.2) is 5.76 Å². The first-order valence-corrected chi connectivity index (χ1v) is 4.75. The number of methoxy groups -OCH3 is 1. The minimum atomic E-state index is -0.666. The number of rotatable bonds is 3. The number of aromatic nitrogens is 2. The van der Waals surface area contributed by atoms with Crippen molar-refractivity contribution >= 4 is 5.97 Å². The molecule has 0 aromatic carbocycles. The highest BCUT2D eigenvalue weighted by atomic mass is 16.5. The summed E-state index contributed by atoms with van der Waals surface area (Å²) in [5.41, 5.74) is 0. The maximum atomic E-state index is 11.1. The Bertz CT molecular complexity index is 500. The molecule has 16 heavy (non-hydrogen) atoms. The Labute approximate surface area is 91.2 Å². The van der Waals surface area contributed by atoms with E-state index in [2.05, 4.69) is 14.9 Å². The molecule has 0 fully saturated rings. The maximum Gasteiger partial charge on any atom is 0.396 e. The fraction of sp³-hybridized carbons (Fsp3) is 0.300. The lowest BCUT2D eigenvalue weighted by Gasteiger charge is -1.90. The molecule has 0 amide bonds. The van der Waals surface area contributed by atoms with Crippen molar-refractivity contribution < 1.29 is 18.4 Å². The highest BCUT2D eigenvalue weighted by Gasteiger charge is 2.17. The molecule has 84 valence electrons. The molecule has 2 rings (SSSR count). The summed E-state index contributed by atoms with van der Waals surface area (Å²) in [5, 5.41) is 7.24. The SMILES string of the molecule is CCc1ccc(-c2nnc(C(=O)OC)o2)o1. The van der Waals surface area contributed by atoms with Gasteiger partial charge in [0.2, 0.25) is 0 Å². The van der Waals surface area contributed by atoms with E-state index in [0.29, 0.717) is 5.76 Å². The molecule has 0 spiro atoms. The third kappa shape index (κ3) is 1.81. The average Bonchev–Trinajstić information content (AvgIpc) is 2.95. The first kappa shape index (κ1) is 10.4. The van der Waals surface area contributed by atoms with Gasteiger partial charge in [0, 0.05) is 6.42 Å². The first-order chi connectivity index (χ1) is 7.74. The summed E-state index contributed by atoms with van der Waals surface area (Å²) in [6, 6.07) is 3.53. The van der Waals surface area contributed by atoms with Crippen molar-refractivity contribution in [1.29, 1.82) is 0 Å². The van der Waals surface area contributed by atoms with E-state index in [1.54, 1.807) is 6.07 Å². The quantitative estimate of drug-likeness (QED) is 0.735. The lowest BCUT2D eigenvalue weighted by Crippen LogP contribution is -2.00. The smallest absolute Gasteiger partial charge is 0.396 e. The van der Waals surface area contributed by atoms with Crippen LogP contribution in [-0.4, -0.2) is 23.3 Å². The molecule has 6 nitrogen and oxygen atoms in total. The zero-order valence-electron chi connectivity index (χ0n) is 8.89. The predicted octanol–water partition coefficient (Wildman–Crippen LogP) is 1.68. The zero-order chi connectivity index (χ0) is 11.5. The molecule has 0 aliphatic heterocycles. The highest BCUT2D eigenvalue weighted by molar-refractivity contribution is 5.84. The summed E-state index contributed by atoms with van der Waals surface area (Å²) in [5.74, 6) is 0.570. The molecule has 6 heteroatoms. The minimum Gasteiger partial charge on any atom is -0.462 e. The van der Waals surface area contributed by atoms with Gasteiger partial charge < -0.3 is 13.6 Å². The van der Waals surface area contributed by atoms with Crippen LogP contribution in [0, 0.1) is 0 Å². The van der Waals surface area contributed by atoms with Crippen LogP contribution in [-0.2, 0) is 11.2 Å². The van der Waals surface area contributed by atoms with Crippen molar-refractivity contribution in [2.45, 2.75) is 13.3 Å². The number of furan rings is 1. The number of ether oxygens (including phenoxy) is 1. The summed E-state index contributed by atoms with van der Waals surface area (Å²) in [7, 11) is 1.24. The van der Waals surface area contributed by atoms with Gasteiger partial charge in [0.25, 0.3) is 5.89 Å². The van der Waals surface area contributed by atoms with Crippen LogP contribution in [0.15, 0.2) is 21.0 Å². The van der Waals surface area contributed by atoms with Crippen molar-refractivity contribution in [2.24, 2.45) is 0 Å². The number of aryl methyl sites for hydroxylation is 1. The van der Waals surface area contributed by atoms with Crippen LogP contribution in [0.3, 0.4) is 0 Å². The molecule has 0 aliphatic rings. The van der Waals surface area contributed by atoms with Crippen LogP contribution in [0.5, 0.6) is 0 Å². The first-order valence-electron chi connectivity index (χ1n) is 4.75. The van der Waals surface area contributed by atoms with E-state index < -0.39 is 5.97 Å². The molecular weight excluding hydrogens is 212 g/mol. The Morgan fingerprint density at radius 3 is 2.81 bits per heavy atom. The van der Waals surface area contributed by atoms with Gasteiger partial charge in [-0.1, -0.05) is 6.92 Å². The number of carbonyl (C=O) groups excluding carboxylic acids is 1. The van der Waals surface area contributed by atoms with Gasteiger partial charge in [-0.2, -0.15) is 0 Å². The number of nitrogens with zero attached hydrogens (tertiary/aromatic N) is 2. The van der Waals surface area contributed by atoms with E-state index in [1.165, 1.54) is 7.11 Å². The Kier molecular flexibility index (Phi) is 2.72. The van der Waals surface area contributed by atoms with Gasteiger partial charge in [-0.25, -0.2) is 4.79 Å². The molecule has 0 N–H and O–H groups in total. The largest absolute Gasteiger partial charge is 0.462 e. The highest BCUT2D eigenvalue weighted by Crippen LogP contribution is 2.21. The fourth-order valence-electron chi connectivity index (χ4n) is 1.18. The number of esters is 1. The predicted molar refractivity (Wildman–Crippen MR) is 52.7 cm³/mol. The molecule has 0 radical (unpaired) electrons. The van der Waals surface area contributed by atoms with Gasteiger partial charge in [0.05, 0.1) is 7.11 Å². The topological polar surface area (TPSA) is 78.4 Å². The van der Waals surface area contributed by atoms with Crippen LogP contribution in [0.2, 0.25) is 0 Å². The van der Waals surface area contributed by atoms with E-state index in [0.717, 1.165) is 12.2 Å². The summed E-state index contributed by atoms with van der Waals surface area (Å²) in [6.45, 7) is 1.97. The minimum absolute atomic E-state index is 0.167. The molecule has 2 heterocycles. The van der Waals surface area contributed by atoms with Gasteiger partial charge in [-0.15, -0.1) is 10.2 Å². The molecule has 0 saturated heterocycles. The molecule has 0 aliphatic carbocycles. The number of hydrogen-bond acceptors (Lipinski definition) is 6. The second kappa shape index (κ2) is 4.18. The molecule has 0 saturated carbocycles. The Morgan fingerprint density at radius 1 is 1.38 bits per heavy atom. The van der Waals surface area contributed by atoms with Crippen molar-refractivity contribution in [3.05, 3.63) is 23.8 Å². The third-order valence-electron chi connectivity index (χ3n) is 2.01. The lowest BCUT2D eigenvalue weighted by molar-refractivity contribution is 0.0556. The third-order valence-corrected chi connectivity index (χ3v) is 2.01. The zero-order valence-corrected chi connectivity index (χ0v) is 8.89. The van der Waals surface area contributed by atoms with Crippen LogP contribution < -0.4 is 0 Å². The Balaban J connectivity index is 2.27. The fourth-order valence-corrected chi connectivity index (χ4v) is 1.18. The van der Waals surface area contributed by atoms with Crippen LogP contribution in [0.1, 0.15) is 23.4 Å². The standard InChI is InChI=1S/C10H10N2O4/c1-3-6-4-5-7(15-6)8-11-12-9(16-8)10(13)14-2/h4-5H,3H2,1-2H3. The van der Waals surface area contributed by atoms with Crippen molar-refractivity contribution in [1.82, 2.24) is 10.2 Å². The second-order valence-corrected chi connectivity index (χ2v) is 3.02. The lowest BCUT2D eigenvalue weighted by atomic mass is 10.3. The maximum absolute atomic E-state index is 11.1. The number of carbonyl (C=O) groups is 1. The van der Waals surface area contributed by atoms with Gasteiger partial charge in [-0.3, -0.25) is 0 Å². The van der Waals surface area contributed by atoms with Gasteiger partial charge in [0.1, 0.15) is 5.76 Å². The van der Waals surface area contributed by atoms with Gasteiger partial charge >= 0.3 is 11.9 Å². The van der Waals surface area contributed by atoms with Crippen molar-refractivity contribution in [3.63, 3.8) is 0 Å². The van der Waals surface area contributed by atoms with E-state index in [-0.39, 0.29) is 11.8 Å². The molecule has 2 aromatic rings. The molecule has 0 unspecified atom stereocenters. The molecular formula is C10H10N2O4. The molecule has 2 aromatic heterocycles. The number of hydrogen-bond donors (Lipinski definition) is 0. The Hall–Kier alpha value is -2.11. The summed E-state index contributed by atoms with van der Waals surface area (Å²) >= 11 is 0. The molecule has 0 bridgehead atoms. The van der Waals surface area contributed by atoms with Crippen molar-refractivity contribution in [3.8, 4) is 11.7 Å². The van der Waals surface area contributed by atoms with E-state index >= 15 is 0 Å². The van der Waals surface area contributed by atoms with Gasteiger partial charge in [-0.05, 0) is 12.1 Å². The molecule has 0 atom stereocenters. The summed E-state index contributed by atoms with van der Waals surface area (Å²) in [6.07, 6.45) is 0.776. The van der Waals surface area contributed by atoms with E-state index in [9.17, 15) is 4.79 Å². The van der Waals surface area contributed by atoms with Crippen LogP contribution in [0.25, 0.3) is 11.7 Å². The van der Waals surface area contributed by atoms with E-state index in [4.69, 9.17) is 8.83 Å². The van der Waals surface area contributed by atoms with Crippen LogP contribution in [0.4, 0.5) is 0 Å². The Morgan fingerprint density at radius 2 is 2.19 bits per heavy atom. The monoisotopic (exact) mass is 222 g/mol. The van der Waals surface area contributed by atoms with E-state index in [1.807, 2.05) is 13.0 Å². The second-order valence-electron chi connectivity index (χ2n) is 3.02. The summed E-state index contributed by atoms with van der Waals surface area (Å²) in [4.78, 5) is 11.1. The normalized spacial score (nSPS) is 10.4. The average molecular weight is 222 g/mol. The van der Waals surface area contributed by atoms with Crippen molar-refractivity contribution in [2.75, 3.05) is 7.11 Å². The summed E-state index contributed by atoms with van der Waals surface area (Å²) < 4.78 is 14.9.